The fourth-order valence-corrected chi connectivity index (χ4v) is 5.46. The smallest absolute Gasteiger partial charge is 0.345 e. The molecule has 2 aliphatic rings. The van der Waals surface area contributed by atoms with Gasteiger partial charge in [0.1, 0.15) is 35.5 Å². The molecule has 12 heteroatoms. The largest absolute Gasteiger partial charge is 0.497 e. The van der Waals surface area contributed by atoms with E-state index in [-0.39, 0.29) is 22.6 Å². The molecule has 4 aromatic rings. The number of aromatic nitrogens is 1. The van der Waals surface area contributed by atoms with E-state index in [1.807, 2.05) is 4.90 Å². The van der Waals surface area contributed by atoms with Crippen LogP contribution in [0.2, 0.25) is 0 Å². The molecule has 2 aromatic heterocycles. The molecule has 1 aliphatic heterocycles. The van der Waals surface area contributed by atoms with E-state index in [4.69, 9.17) is 14.0 Å². The molecule has 0 spiro atoms. The Labute approximate surface area is 238 Å². The van der Waals surface area contributed by atoms with Gasteiger partial charge in [0.15, 0.2) is 0 Å². The summed E-state index contributed by atoms with van der Waals surface area (Å²) in [5, 5.41) is 14.4. The number of fused-ring (bicyclic) bond motifs is 2. The lowest BCUT2D eigenvalue weighted by atomic mass is 10.1. The molecule has 11 nitrogen and oxygen atoms in total. The minimum Gasteiger partial charge on any atom is -0.497 e. The van der Waals surface area contributed by atoms with E-state index < -0.39 is 22.8 Å². The topological polar surface area (TPSA) is 127 Å². The second-order valence-electron chi connectivity index (χ2n) is 10.5. The van der Waals surface area contributed by atoms with Gasteiger partial charge in [0.05, 0.1) is 23.9 Å². The van der Waals surface area contributed by atoms with Gasteiger partial charge in [-0.1, -0.05) is 5.16 Å². The van der Waals surface area contributed by atoms with Crippen LogP contribution >= 0.6 is 0 Å². The summed E-state index contributed by atoms with van der Waals surface area (Å²) in [6, 6.07) is 9.84. The molecule has 42 heavy (non-hydrogen) atoms. The monoisotopic (exact) mass is 576 g/mol. The number of carboxylic acid groups (broad SMARTS) is 1. The van der Waals surface area contributed by atoms with E-state index in [1.54, 1.807) is 34.9 Å². The molecule has 1 saturated heterocycles. The summed E-state index contributed by atoms with van der Waals surface area (Å²) in [7, 11) is 2.95. The molecule has 218 valence electrons. The van der Waals surface area contributed by atoms with Crippen LogP contribution in [0.3, 0.4) is 0 Å². The van der Waals surface area contributed by atoms with Crippen LogP contribution in [-0.4, -0.2) is 73.2 Å². The number of ether oxygens (including phenoxy) is 1. The van der Waals surface area contributed by atoms with Gasteiger partial charge in [0, 0.05) is 61.8 Å². The van der Waals surface area contributed by atoms with Crippen molar-refractivity contribution in [3.05, 3.63) is 80.2 Å². The van der Waals surface area contributed by atoms with Gasteiger partial charge >= 0.3 is 11.6 Å². The average molecular weight is 577 g/mol. The minimum atomic E-state index is -1.32. The van der Waals surface area contributed by atoms with Gasteiger partial charge < -0.3 is 28.6 Å². The summed E-state index contributed by atoms with van der Waals surface area (Å²) in [6.07, 6.45) is 3.12. The lowest BCUT2D eigenvalue weighted by Gasteiger charge is -2.36. The molecule has 6 rings (SSSR count). The van der Waals surface area contributed by atoms with Gasteiger partial charge in [-0.2, -0.15) is 0 Å². The second kappa shape index (κ2) is 10.9. The first-order valence-corrected chi connectivity index (χ1v) is 13.6. The van der Waals surface area contributed by atoms with Crippen molar-refractivity contribution in [1.29, 1.82) is 0 Å². The van der Waals surface area contributed by atoms with Gasteiger partial charge in [-0.15, -0.1) is 0 Å². The average Bonchev–Trinajstić information content (AvgIpc) is 3.82. The second-order valence-corrected chi connectivity index (χ2v) is 10.5. The highest BCUT2D eigenvalue weighted by molar-refractivity contribution is 6.03. The standard InChI is InChI=1S/C30H29FN4O7/c1-40-19-6-3-17-11-20(30(39)42-27(17)12-19)24(32-41-2)16-33-7-9-34(10-8-33)26-14-25-21(13-23(26)31)28(36)22(29(37)38)15-35(25)18-4-5-18/h3,6,11-15,18H,4-5,7-10,16H2,1-2H3,(H,37,38)/b32-24-. The van der Waals surface area contributed by atoms with E-state index in [0.29, 0.717) is 66.4 Å². The Morgan fingerprint density at radius 2 is 1.83 bits per heavy atom. The lowest BCUT2D eigenvalue weighted by Crippen LogP contribution is -2.48. The summed E-state index contributed by atoms with van der Waals surface area (Å²) in [5.74, 6) is -1.33. The van der Waals surface area contributed by atoms with Crippen molar-refractivity contribution in [3.63, 3.8) is 0 Å². The Morgan fingerprint density at radius 3 is 2.50 bits per heavy atom. The number of rotatable bonds is 8. The fourth-order valence-electron chi connectivity index (χ4n) is 5.46. The molecule has 0 radical (unpaired) electrons. The Hall–Kier alpha value is -4.71. The van der Waals surface area contributed by atoms with Crippen LogP contribution in [0.4, 0.5) is 10.1 Å². The minimum absolute atomic E-state index is 0.0646. The highest BCUT2D eigenvalue weighted by Gasteiger charge is 2.29. The molecule has 1 saturated carbocycles. The van der Waals surface area contributed by atoms with E-state index in [1.165, 1.54) is 20.4 Å². The number of carbonyl (C=O) groups is 1. The highest BCUT2D eigenvalue weighted by Crippen LogP contribution is 2.38. The van der Waals surface area contributed by atoms with Crippen LogP contribution in [0.15, 0.2) is 61.8 Å². The first kappa shape index (κ1) is 27.5. The molecule has 0 atom stereocenters. The molecular weight excluding hydrogens is 547 g/mol. The summed E-state index contributed by atoms with van der Waals surface area (Å²) in [6.45, 7) is 2.37. The fraction of sp³-hybridized carbons (Fsp3) is 0.333. The number of piperazine rings is 1. The number of hydrogen-bond acceptors (Lipinski definition) is 9. The number of aromatic carboxylic acids is 1. The molecule has 0 amide bonds. The number of methoxy groups -OCH3 is 1. The van der Waals surface area contributed by atoms with Crippen LogP contribution < -0.4 is 20.7 Å². The van der Waals surface area contributed by atoms with Crippen LogP contribution in [-0.2, 0) is 4.84 Å². The Kier molecular flexibility index (Phi) is 7.15. The predicted octanol–water partition coefficient (Wildman–Crippen LogP) is 3.46. The number of benzene rings is 2. The summed E-state index contributed by atoms with van der Waals surface area (Å²) >= 11 is 0. The van der Waals surface area contributed by atoms with Crippen molar-refractivity contribution in [3.8, 4) is 5.75 Å². The first-order valence-electron chi connectivity index (χ1n) is 13.6. The van der Waals surface area contributed by atoms with Crippen LogP contribution in [0.5, 0.6) is 5.75 Å². The number of oxime groups is 1. The van der Waals surface area contributed by atoms with Gasteiger partial charge in [0.2, 0.25) is 5.43 Å². The number of carboxylic acids is 1. The van der Waals surface area contributed by atoms with Crippen molar-refractivity contribution in [1.82, 2.24) is 9.47 Å². The number of nitrogens with zero attached hydrogens (tertiary/aromatic N) is 4. The SMILES string of the molecule is CO/N=C(/CN1CCN(c2cc3c(cc2F)c(=O)c(C(=O)O)cn3C2CC2)CC1)c1cc2ccc(OC)cc2oc1=O. The van der Waals surface area contributed by atoms with Gasteiger partial charge in [-0.25, -0.2) is 14.0 Å². The van der Waals surface area contributed by atoms with Gasteiger partial charge in [-0.3, -0.25) is 9.69 Å². The third-order valence-electron chi connectivity index (χ3n) is 7.81. The number of halogens is 1. The molecule has 1 aliphatic carbocycles. The third kappa shape index (κ3) is 5.09. The Balaban J connectivity index is 1.23. The molecular formula is C30H29FN4O7. The molecule has 3 heterocycles. The summed E-state index contributed by atoms with van der Waals surface area (Å²) in [4.78, 5) is 46.4. The van der Waals surface area contributed by atoms with Gasteiger partial charge in [-0.05, 0) is 43.2 Å². The number of pyridine rings is 1. The van der Waals surface area contributed by atoms with Crippen molar-refractivity contribution in [2.45, 2.75) is 18.9 Å². The van der Waals surface area contributed by atoms with E-state index >= 15 is 4.39 Å². The molecule has 0 bridgehead atoms. The predicted molar refractivity (Wildman–Crippen MR) is 155 cm³/mol. The first-order chi connectivity index (χ1) is 20.3. The van der Waals surface area contributed by atoms with Crippen LogP contribution in [0.1, 0.15) is 34.8 Å². The normalized spacial score (nSPS) is 16.3. The van der Waals surface area contributed by atoms with Crippen molar-refractivity contribution in [2.24, 2.45) is 5.16 Å². The van der Waals surface area contributed by atoms with E-state index in [0.717, 1.165) is 18.9 Å². The zero-order chi connectivity index (χ0) is 29.5. The summed E-state index contributed by atoms with van der Waals surface area (Å²) < 4.78 is 27.9. The quantitative estimate of drug-likeness (QED) is 0.191. The zero-order valence-corrected chi connectivity index (χ0v) is 23.1. The highest BCUT2D eigenvalue weighted by atomic mass is 19.1. The summed E-state index contributed by atoms with van der Waals surface area (Å²) in [5.41, 5.74) is 0.398. The molecule has 2 fully saturated rings. The maximum atomic E-state index is 15.4. The third-order valence-corrected chi connectivity index (χ3v) is 7.81. The molecule has 2 aromatic carbocycles. The van der Waals surface area contributed by atoms with E-state index in [9.17, 15) is 19.5 Å². The molecule has 1 N–H and O–H groups in total. The number of hydrogen-bond donors (Lipinski definition) is 1. The maximum absolute atomic E-state index is 15.4. The lowest BCUT2D eigenvalue weighted by molar-refractivity contribution is 0.0695. The van der Waals surface area contributed by atoms with Crippen molar-refractivity contribution in [2.75, 3.05) is 51.8 Å². The number of anilines is 1. The Bertz CT molecular complexity index is 1850. The van der Waals surface area contributed by atoms with Crippen molar-refractivity contribution < 1.29 is 28.3 Å². The van der Waals surface area contributed by atoms with Crippen LogP contribution in [0.25, 0.3) is 21.9 Å². The van der Waals surface area contributed by atoms with Crippen molar-refractivity contribution >= 4 is 39.2 Å². The Morgan fingerprint density at radius 1 is 1.07 bits per heavy atom. The van der Waals surface area contributed by atoms with E-state index in [2.05, 4.69) is 10.1 Å². The maximum Gasteiger partial charge on any atom is 0.345 e. The zero-order valence-electron chi connectivity index (χ0n) is 23.1. The molecule has 0 unspecified atom stereocenters. The van der Waals surface area contributed by atoms with Crippen LogP contribution in [0, 0.1) is 5.82 Å². The van der Waals surface area contributed by atoms with Gasteiger partial charge in [0.25, 0.3) is 0 Å².